The van der Waals surface area contributed by atoms with E-state index in [4.69, 9.17) is 34.8 Å². The van der Waals surface area contributed by atoms with Gasteiger partial charge in [0.2, 0.25) is 0 Å². The van der Waals surface area contributed by atoms with Gasteiger partial charge in [-0.25, -0.2) is 0 Å². The van der Waals surface area contributed by atoms with E-state index in [1.807, 2.05) is 12.1 Å². The van der Waals surface area contributed by atoms with Crippen molar-refractivity contribution in [3.63, 3.8) is 0 Å². The molecule has 0 spiro atoms. The van der Waals surface area contributed by atoms with Crippen LogP contribution in [0.15, 0.2) is 41.5 Å². The fourth-order valence-electron chi connectivity index (χ4n) is 2.12. The lowest BCUT2D eigenvalue weighted by molar-refractivity contribution is 1.35. The summed E-state index contributed by atoms with van der Waals surface area (Å²) in [5, 5.41) is 6.85. The van der Waals surface area contributed by atoms with E-state index < -0.39 is 0 Å². The Hall–Kier alpha value is -1.26. The summed E-state index contributed by atoms with van der Waals surface area (Å²) < 4.78 is 1.24. The van der Waals surface area contributed by atoms with Crippen LogP contribution in [0.4, 0.5) is 5.69 Å². The maximum atomic E-state index is 6.11. The van der Waals surface area contributed by atoms with E-state index in [1.165, 1.54) is 15.6 Å². The van der Waals surface area contributed by atoms with Gasteiger partial charge in [0.1, 0.15) is 0 Å². The van der Waals surface area contributed by atoms with E-state index in [0.717, 1.165) is 4.88 Å². The van der Waals surface area contributed by atoms with Crippen molar-refractivity contribution in [2.75, 3.05) is 5.43 Å². The van der Waals surface area contributed by atoms with Crippen molar-refractivity contribution in [3.05, 3.63) is 61.9 Å². The third-order valence-electron chi connectivity index (χ3n) is 3.25. The minimum atomic E-state index is 0.433. The Morgan fingerprint density at radius 2 is 1.77 bits per heavy atom. The zero-order chi connectivity index (χ0) is 15.7. The number of nitrogens with zero attached hydrogens (tertiary/aromatic N) is 1. The third kappa shape index (κ3) is 3.08. The molecule has 0 radical (unpaired) electrons. The highest BCUT2D eigenvalue weighted by Gasteiger charge is 2.08. The minimum Gasteiger partial charge on any atom is -0.275 e. The van der Waals surface area contributed by atoms with Gasteiger partial charge in [-0.05, 0) is 36.1 Å². The van der Waals surface area contributed by atoms with E-state index >= 15 is 0 Å². The molecular formula is C16H11Cl3N2S. The van der Waals surface area contributed by atoms with Gasteiger partial charge in [0.15, 0.2) is 0 Å². The van der Waals surface area contributed by atoms with Gasteiger partial charge in [0, 0.05) is 9.72 Å². The van der Waals surface area contributed by atoms with E-state index in [-0.39, 0.29) is 0 Å². The van der Waals surface area contributed by atoms with Crippen molar-refractivity contribution in [2.24, 2.45) is 5.10 Å². The molecule has 0 fully saturated rings. The van der Waals surface area contributed by atoms with Crippen LogP contribution in [0.3, 0.4) is 0 Å². The fourth-order valence-corrected chi connectivity index (χ4v) is 4.11. The lowest BCUT2D eigenvalue weighted by Crippen LogP contribution is -1.92. The number of halogens is 3. The first-order chi connectivity index (χ1) is 10.6. The molecule has 3 rings (SSSR count). The van der Waals surface area contributed by atoms with Crippen molar-refractivity contribution >= 4 is 68.1 Å². The molecule has 0 amide bonds. The number of anilines is 1. The Kier molecular flexibility index (Phi) is 4.59. The molecule has 3 aromatic rings. The zero-order valence-electron chi connectivity index (χ0n) is 11.5. The Balaban J connectivity index is 1.87. The van der Waals surface area contributed by atoms with Crippen LogP contribution < -0.4 is 5.43 Å². The number of hydrogen-bond acceptors (Lipinski definition) is 3. The van der Waals surface area contributed by atoms with Crippen LogP contribution in [0.2, 0.25) is 15.1 Å². The van der Waals surface area contributed by atoms with Crippen LogP contribution in [0.5, 0.6) is 0 Å². The summed E-state index contributed by atoms with van der Waals surface area (Å²) in [6.07, 6.45) is 1.78. The van der Waals surface area contributed by atoms with Crippen LogP contribution in [0.1, 0.15) is 10.4 Å². The van der Waals surface area contributed by atoms with Gasteiger partial charge in [0.05, 0.1) is 26.8 Å². The molecule has 22 heavy (non-hydrogen) atoms. The molecule has 0 aliphatic carbocycles. The molecular weight excluding hydrogens is 359 g/mol. The second-order valence-corrected chi connectivity index (χ2v) is 7.04. The van der Waals surface area contributed by atoms with Crippen LogP contribution in [0, 0.1) is 6.92 Å². The van der Waals surface area contributed by atoms with Gasteiger partial charge in [-0.15, -0.1) is 11.3 Å². The van der Waals surface area contributed by atoms with Crippen LogP contribution >= 0.6 is 46.1 Å². The van der Waals surface area contributed by atoms with Gasteiger partial charge in [-0.3, -0.25) is 5.43 Å². The Morgan fingerprint density at radius 3 is 2.45 bits per heavy atom. The molecule has 1 aromatic heterocycles. The predicted octanol–water partition coefficient (Wildman–Crippen LogP) is 6.62. The summed E-state index contributed by atoms with van der Waals surface area (Å²) in [5.74, 6) is 0. The first-order valence-electron chi connectivity index (χ1n) is 6.48. The molecule has 0 saturated heterocycles. The Morgan fingerprint density at radius 1 is 1.09 bits per heavy atom. The van der Waals surface area contributed by atoms with Crippen molar-refractivity contribution in [1.82, 2.24) is 0 Å². The highest BCUT2D eigenvalue weighted by Crippen LogP contribution is 2.34. The topological polar surface area (TPSA) is 24.4 Å². The molecule has 112 valence electrons. The highest BCUT2D eigenvalue weighted by atomic mass is 35.5. The summed E-state index contributed by atoms with van der Waals surface area (Å²) in [5.41, 5.74) is 4.63. The van der Waals surface area contributed by atoms with Crippen molar-refractivity contribution in [3.8, 4) is 0 Å². The number of nitrogens with one attached hydrogen (secondary N) is 1. The summed E-state index contributed by atoms with van der Waals surface area (Å²) in [4.78, 5) is 1.09. The smallest absolute Gasteiger partial charge is 0.0935 e. The summed E-state index contributed by atoms with van der Waals surface area (Å²) in [6.45, 7) is 2.09. The molecule has 0 aliphatic heterocycles. The molecule has 1 heterocycles. The van der Waals surface area contributed by atoms with Gasteiger partial charge in [-0.1, -0.05) is 53.0 Å². The predicted molar refractivity (Wildman–Crippen MR) is 99.3 cm³/mol. The summed E-state index contributed by atoms with van der Waals surface area (Å²) >= 11 is 19.8. The van der Waals surface area contributed by atoms with Gasteiger partial charge in [0.25, 0.3) is 0 Å². The normalized spacial score (nSPS) is 11.5. The average molecular weight is 370 g/mol. The second-order valence-electron chi connectivity index (χ2n) is 4.70. The van der Waals surface area contributed by atoms with Crippen molar-refractivity contribution in [1.29, 1.82) is 0 Å². The van der Waals surface area contributed by atoms with Crippen LogP contribution in [-0.4, -0.2) is 6.21 Å². The molecule has 0 saturated carbocycles. The first kappa shape index (κ1) is 15.6. The maximum Gasteiger partial charge on any atom is 0.0935 e. The summed E-state index contributed by atoms with van der Waals surface area (Å²) in [7, 11) is 0. The summed E-state index contributed by atoms with van der Waals surface area (Å²) in [6, 6.07) is 11.5. The number of benzene rings is 2. The number of hydrazone groups is 1. The maximum absolute atomic E-state index is 6.11. The van der Waals surface area contributed by atoms with Gasteiger partial charge < -0.3 is 0 Å². The van der Waals surface area contributed by atoms with Crippen molar-refractivity contribution in [2.45, 2.75) is 6.92 Å². The number of fused-ring (bicyclic) bond motifs is 1. The zero-order valence-corrected chi connectivity index (χ0v) is 14.6. The van der Waals surface area contributed by atoms with Crippen LogP contribution in [0.25, 0.3) is 10.1 Å². The second kappa shape index (κ2) is 6.47. The Labute approximate surface area is 147 Å². The lowest BCUT2D eigenvalue weighted by atomic mass is 10.1. The lowest BCUT2D eigenvalue weighted by Gasteiger charge is -2.06. The monoisotopic (exact) mass is 368 g/mol. The largest absolute Gasteiger partial charge is 0.275 e. The SMILES string of the molecule is Cc1c(/C=N/Nc2c(Cl)cc(Cl)cc2Cl)sc2ccccc12. The quantitative estimate of drug-likeness (QED) is 0.407. The highest BCUT2D eigenvalue weighted by molar-refractivity contribution is 7.20. The van der Waals surface area contributed by atoms with E-state index in [2.05, 4.69) is 29.6 Å². The van der Waals surface area contributed by atoms with E-state index in [0.29, 0.717) is 20.8 Å². The number of hydrogen-bond donors (Lipinski definition) is 1. The van der Waals surface area contributed by atoms with Gasteiger partial charge in [-0.2, -0.15) is 5.10 Å². The van der Waals surface area contributed by atoms with Crippen molar-refractivity contribution < 1.29 is 0 Å². The molecule has 6 heteroatoms. The Bertz CT molecular complexity index is 848. The fraction of sp³-hybridized carbons (Fsp3) is 0.0625. The van der Waals surface area contributed by atoms with Gasteiger partial charge >= 0.3 is 0 Å². The molecule has 0 atom stereocenters. The molecule has 0 aliphatic rings. The van der Waals surface area contributed by atoms with E-state index in [9.17, 15) is 0 Å². The third-order valence-corrected chi connectivity index (χ3v) is 5.27. The molecule has 0 unspecified atom stereocenters. The molecule has 1 N–H and O–H groups in total. The first-order valence-corrected chi connectivity index (χ1v) is 8.43. The van der Waals surface area contributed by atoms with E-state index in [1.54, 1.807) is 29.7 Å². The molecule has 2 aromatic carbocycles. The standard InChI is InChI=1S/C16H11Cl3N2S/c1-9-11-4-2-3-5-14(11)22-15(9)8-20-21-16-12(18)6-10(17)7-13(16)19/h2-8,21H,1H3/b20-8+. The number of thiophene rings is 1. The minimum absolute atomic E-state index is 0.433. The molecule has 0 bridgehead atoms. The molecule has 2 nitrogen and oxygen atoms in total. The average Bonchev–Trinajstić information content (AvgIpc) is 2.79. The number of aryl methyl sites for hydroxylation is 1. The number of rotatable bonds is 3. The van der Waals surface area contributed by atoms with Crippen LogP contribution in [-0.2, 0) is 0 Å².